The summed E-state index contributed by atoms with van der Waals surface area (Å²) in [5, 5.41) is 0. The second-order valence-corrected chi connectivity index (χ2v) is 4.96. The summed E-state index contributed by atoms with van der Waals surface area (Å²) in [6.45, 7) is 5.99. The Morgan fingerprint density at radius 3 is 2.76 bits per heavy atom. The van der Waals surface area contributed by atoms with E-state index in [1.54, 1.807) is 0 Å². The number of allylic oxidation sites excluding steroid dienone is 1. The van der Waals surface area contributed by atoms with E-state index in [9.17, 15) is 4.79 Å². The van der Waals surface area contributed by atoms with Crippen molar-refractivity contribution in [1.29, 1.82) is 0 Å². The molecule has 0 saturated heterocycles. The Balaban J connectivity index is 2.02. The van der Waals surface area contributed by atoms with Gasteiger partial charge in [-0.1, -0.05) is 43.3 Å². The predicted molar refractivity (Wildman–Crippen MR) is 71.0 cm³/mol. The molecule has 1 nitrogen and oxygen atoms in total. The van der Waals surface area contributed by atoms with Crippen LogP contribution in [0.2, 0.25) is 0 Å². The van der Waals surface area contributed by atoms with Crippen molar-refractivity contribution in [2.24, 2.45) is 5.92 Å². The molecule has 1 aliphatic carbocycles. The third-order valence-electron chi connectivity index (χ3n) is 3.73. The van der Waals surface area contributed by atoms with Crippen LogP contribution in [0.15, 0.2) is 36.4 Å². The third-order valence-corrected chi connectivity index (χ3v) is 3.73. The average molecular weight is 228 g/mol. The summed E-state index contributed by atoms with van der Waals surface area (Å²) in [5.41, 5.74) is 3.85. The van der Waals surface area contributed by atoms with E-state index in [0.29, 0.717) is 12.2 Å². The zero-order valence-electron chi connectivity index (χ0n) is 10.5. The van der Waals surface area contributed by atoms with Crippen molar-refractivity contribution in [2.75, 3.05) is 0 Å². The van der Waals surface area contributed by atoms with Crippen LogP contribution in [0.4, 0.5) is 0 Å². The Hall–Kier alpha value is -1.37. The third kappa shape index (κ3) is 2.85. The molecule has 1 aromatic rings. The SMILES string of the molecule is C=C(CC)CC(=O)C1CCc2ccccc2C1. The molecule has 1 aromatic carbocycles. The number of carbonyl (C=O) groups excluding carboxylic acids is 1. The number of hydrogen-bond donors (Lipinski definition) is 0. The minimum absolute atomic E-state index is 0.216. The van der Waals surface area contributed by atoms with Crippen LogP contribution in [0.25, 0.3) is 0 Å². The molecule has 0 fully saturated rings. The number of carbonyl (C=O) groups is 1. The van der Waals surface area contributed by atoms with Crippen molar-refractivity contribution in [2.45, 2.75) is 39.0 Å². The van der Waals surface area contributed by atoms with Crippen molar-refractivity contribution >= 4 is 5.78 Å². The summed E-state index contributed by atoms with van der Waals surface area (Å²) in [7, 11) is 0. The van der Waals surface area contributed by atoms with E-state index in [1.165, 1.54) is 11.1 Å². The van der Waals surface area contributed by atoms with Gasteiger partial charge >= 0.3 is 0 Å². The predicted octanol–water partition coefficient (Wildman–Crippen LogP) is 3.72. The highest BCUT2D eigenvalue weighted by Gasteiger charge is 2.24. The molecule has 90 valence electrons. The van der Waals surface area contributed by atoms with Crippen LogP contribution in [-0.4, -0.2) is 5.78 Å². The first kappa shape index (κ1) is 12.1. The van der Waals surface area contributed by atoms with E-state index in [0.717, 1.165) is 31.3 Å². The maximum Gasteiger partial charge on any atom is 0.140 e. The zero-order valence-corrected chi connectivity index (χ0v) is 10.5. The van der Waals surface area contributed by atoms with Gasteiger partial charge in [0.2, 0.25) is 0 Å². The molecule has 2 rings (SSSR count). The molecule has 0 spiro atoms. The Morgan fingerprint density at radius 1 is 1.35 bits per heavy atom. The van der Waals surface area contributed by atoms with Gasteiger partial charge < -0.3 is 0 Å². The highest BCUT2D eigenvalue weighted by molar-refractivity contribution is 5.83. The van der Waals surface area contributed by atoms with Gasteiger partial charge in [-0.25, -0.2) is 0 Å². The molecule has 1 atom stereocenters. The maximum absolute atomic E-state index is 12.1. The van der Waals surface area contributed by atoms with Crippen LogP contribution in [0.3, 0.4) is 0 Å². The van der Waals surface area contributed by atoms with Crippen molar-refractivity contribution in [1.82, 2.24) is 0 Å². The fourth-order valence-electron chi connectivity index (χ4n) is 2.49. The van der Waals surface area contributed by atoms with Crippen LogP contribution in [0.1, 0.15) is 37.3 Å². The normalized spacial score (nSPS) is 18.5. The van der Waals surface area contributed by atoms with E-state index in [-0.39, 0.29) is 5.92 Å². The number of benzene rings is 1. The molecule has 0 saturated carbocycles. The van der Waals surface area contributed by atoms with Crippen LogP contribution in [0.5, 0.6) is 0 Å². The molecular formula is C16H20O. The summed E-state index contributed by atoms with van der Waals surface area (Å²) in [4.78, 5) is 12.1. The molecule has 0 bridgehead atoms. The van der Waals surface area contributed by atoms with Gasteiger partial charge in [0.05, 0.1) is 0 Å². The van der Waals surface area contributed by atoms with Gasteiger partial charge in [-0.2, -0.15) is 0 Å². The monoisotopic (exact) mass is 228 g/mol. The Morgan fingerprint density at radius 2 is 2.06 bits per heavy atom. The summed E-state index contributed by atoms with van der Waals surface area (Å²) in [6.07, 6.45) is 4.46. The lowest BCUT2D eigenvalue weighted by Gasteiger charge is -2.23. The lowest BCUT2D eigenvalue weighted by Crippen LogP contribution is -2.22. The fraction of sp³-hybridized carbons (Fsp3) is 0.438. The van der Waals surface area contributed by atoms with Gasteiger partial charge in [0.15, 0.2) is 0 Å². The minimum Gasteiger partial charge on any atom is -0.299 e. The number of Topliss-reactive ketones (excluding diaryl/α,β-unsaturated/α-hetero) is 1. The van der Waals surface area contributed by atoms with Crippen molar-refractivity contribution < 1.29 is 4.79 Å². The van der Waals surface area contributed by atoms with Crippen molar-refractivity contribution in [3.05, 3.63) is 47.5 Å². The first-order chi connectivity index (χ1) is 8.20. The second kappa shape index (κ2) is 5.31. The zero-order chi connectivity index (χ0) is 12.3. The van der Waals surface area contributed by atoms with E-state index in [4.69, 9.17) is 0 Å². The van der Waals surface area contributed by atoms with E-state index in [2.05, 4.69) is 37.8 Å². The number of ketones is 1. The number of hydrogen-bond acceptors (Lipinski definition) is 1. The average Bonchev–Trinajstić information content (AvgIpc) is 2.38. The smallest absolute Gasteiger partial charge is 0.140 e. The summed E-state index contributed by atoms with van der Waals surface area (Å²) in [5.74, 6) is 0.597. The summed E-state index contributed by atoms with van der Waals surface area (Å²) in [6, 6.07) is 8.49. The van der Waals surface area contributed by atoms with Crippen molar-refractivity contribution in [3.8, 4) is 0 Å². The van der Waals surface area contributed by atoms with Crippen LogP contribution >= 0.6 is 0 Å². The quantitative estimate of drug-likeness (QED) is 0.718. The molecule has 0 N–H and O–H groups in total. The topological polar surface area (TPSA) is 17.1 Å². The minimum atomic E-state index is 0.216. The Bertz CT molecular complexity index is 431. The lowest BCUT2D eigenvalue weighted by molar-refractivity contribution is -0.122. The Kier molecular flexibility index (Phi) is 3.78. The number of aryl methyl sites for hydroxylation is 1. The van der Waals surface area contributed by atoms with E-state index >= 15 is 0 Å². The molecule has 1 aliphatic rings. The summed E-state index contributed by atoms with van der Waals surface area (Å²) < 4.78 is 0. The van der Waals surface area contributed by atoms with Gasteiger partial charge in [0, 0.05) is 12.3 Å². The molecule has 0 aliphatic heterocycles. The number of fused-ring (bicyclic) bond motifs is 1. The van der Waals surface area contributed by atoms with Gasteiger partial charge in [-0.3, -0.25) is 4.79 Å². The molecule has 0 heterocycles. The number of rotatable bonds is 4. The Labute approximate surface area is 104 Å². The first-order valence-corrected chi connectivity index (χ1v) is 6.47. The van der Waals surface area contributed by atoms with Gasteiger partial charge in [0.1, 0.15) is 5.78 Å². The highest BCUT2D eigenvalue weighted by Crippen LogP contribution is 2.27. The molecule has 1 unspecified atom stereocenters. The van der Waals surface area contributed by atoms with E-state index in [1.807, 2.05) is 0 Å². The van der Waals surface area contributed by atoms with Gasteiger partial charge in [0.25, 0.3) is 0 Å². The van der Waals surface area contributed by atoms with Crippen LogP contribution in [-0.2, 0) is 17.6 Å². The highest BCUT2D eigenvalue weighted by atomic mass is 16.1. The molecule has 17 heavy (non-hydrogen) atoms. The molecule has 1 heteroatoms. The van der Waals surface area contributed by atoms with Gasteiger partial charge in [-0.05, 0) is 36.8 Å². The fourth-order valence-corrected chi connectivity index (χ4v) is 2.49. The van der Waals surface area contributed by atoms with Gasteiger partial charge in [-0.15, -0.1) is 0 Å². The standard InChI is InChI=1S/C16H20O/c1-3-12(2)10-16(17)15-9-8-13-6-4-5-7-14(13)11-15/h4-7,15H,2-3,8-11H2,1H3. The lowest BCUT2D eigenvalue weighted by atomic mass is 9.80. The van der Waals surface area contributed by atoms with Crippen LogP contribution < -0.4 is 0 Å². The summed E-state index contributed by atoms with van der Waals surface area (Å²) >= 11 is 0. The van der Waals surface area contributed by atoms with Crippen LogP contribution in [0, 0.1) is 5.92 Å². The molecule has 0 radical (unpaired) electrons. The van der Waals surface area contributed by atoms with E-state index < -0.39 is 0 Å². The second-order valence-electron chi connectivity index (χ2n) is 4.96. The molecular weight excluding hydrogens is 208 g/mol. The van der Waals surface area contributed by atoms with Crippen molar-refractivity contribution in [3.63, 3.8) is 0 Å². The first-order valence-electron chi connectivity index (χ1n) is 6.47. The molecule has 0 amide bonds. The largest absolute Gasteiger partial charge is 0.299 e. The maximum atomic E-state index is 12.1. The molecule has 0 aromatic heterocycles.